The van der Waals surface area contributed by atoms with Crippen LogP contribution in [0.15, 0.2) is 35.7 Å². The Morgan fingerprint density at radius 3 is 2.86 bits per heavy atom. The van der Waals surface area contributed by atoms with E-state index in [1.165, 1.54) is 15.6 Å². The van der Waals surface area contributed by atoms with Crippen molar-refractivity contribution < 1.29 is 5.11 Å². The van der Waals surface area contributed by atoms with Crippen LogP contribution in [0.4, 0.5) is 0 Å². The standard InChI is InChI=1S/C17H20N2OS/c1-3-13-10-15(19(4-2)18-13)16(20)9-12-11-21-17-8-6-5-7-14(12)17/h5-8,10-11,16,20H,3-4,9H2,1-2H3. The van der Waals surface area contributed by atoms with Crippen molar-refractivity contribution in [2.45, 2.75) is 39.3 Å². The number of benzene rings is 1. The van der Waals surface area contributed by atoms with Gasteiger partial charge in [-0.05, 0) is 41.8 Å². The number of hydrogen-bond acceptors (Lipinski definition) is 3. The molecule has 0 bridgehead atoms. The molecule has 0 radical (unpaired) electrons. The second-order valence-corrected chi connectivity index (χ2v) is 6.12. The smallest absolute Gasteiger partial charge is 0.0997 e. The number of rotatable bonds is 5. The van der Waals surface area contributed by atoms with E-state index in [-0.39, 0.29) is 0 Å². The predicted octanol–water partition coefficient (Wildman–Crippen LogP) is 3.96. The molecule has 1 aromatic carbocycles. The first kappa shape index (κ1) is 14.3. The van der Waals surface area contributed by atoms with Crippen LogP contribution in [0.3, 0.4) is 0 Å². The van der Waals surface area contributed by atoms with Crippen molar-refractivity contribution in [1.82, 2.24) is 9.78 Å². The molecule has 0 aliphatic carbocycles. The van der Waals surface area contributed by atoms with Gasteiger partial charge in [-0.1, -0.05) is 25.1 Å². The average Bonchev–Trinajstić information content (AvgIpc) is 3.11. The average molecular weight is 300 g/mol. The molecule has 3 nitrogen and oxygen atoms in total. The van der Waals surface area contributed by atoms with Crippen molar-refractivity contribution in [2.24, 2.45) is 0 Å². The molecule has 1 N–H and O–H groups in total. The van der Waals surface area contributed by atoms with E-state index in [1.807, 2.05) is 10.7 Å². The molecule has 0 spiro atoms. The summed E-state index contributed by atoms with van der Waals surface area (Å²) in [6.45, 7) is 4.93. The molecule has 21 heavy (non-hydrogen) atoms. The Morgan fingerprint density at radius 2 is 2.10 bits per heavy atom. The van der Waals surface area contributed by atoms with Crippen LogP contribution in [0.25, 0.3) is 10.1 Å². The summed E-state index contributed by atoms with van der Waals surface area (Å²) in [5.41, 5.74) is 3.18. The summed E-state index contributed by atoms with van der Waals surface area (Å²) in [4.78, 5) is 0. The minimum absolute atomic E-state index is 0.504. The van der Waals surface area contributed by atoms with E-state index in [0.29, 0.717) is 6.42 Å². The molecule has 0 aliphatic rings. The van der Waals surface area contributed by atoms with Gasteiger partial charge in [0.05, 0.1) is 17.5 Å². The topological polar surface area (TPSA) is 38.0 Å². The molecule has 2 heterocycles. The molecular weight excluding hydrogens is 280 g/mol. The first-order valence-corrected chi connectivity index (χ1v) is 8.30. The van der Waals surface area contributed by atoms with Crippen LogP contribution in [0.2, 0.25) is 0 Å². The van der Waals surface area contributed by atoms with Gasteiger partial charge in [0.25, 0.3) is 0 Å². The Bertz CT molecular complexity index is 744. The zero-order chi connectivity index (χ0) is 14.8. The van der Waals surface area contributed by atoms with Crippen molar-refractivity contribution in [3.05, 3.63) is 52.7 Å². The minimum Gasteiger partial charge on any atom is -0.386 e. The largest absolute Gasteiger partial charge is 0.386 e. The minimum atomic E-state index is -0.504. The van der Waals surface area contributed by atoms with Crippen molar-refractivity contribution in [1.29, 1.82) is 0 Å². The molecular formula is C17H20N2OS. The monoisotopic (exact) mass is 300 g/mol. The predicted molar refractivity (Wildman–Crippen MR) is 87.8 cm³/mol. The van der Waals surface area contributed by atoms with Crippen LogP contribution in [0.5, 0.6) is 0 Å². The van der Waals surface area contributed by atoms with Crippen LogP contribution in [0.1, 0.15) is 36.9 Å². The highest BCUT2D eigenvalue weighted by Gasteiger charge is 2.17. The SMILES string of the molecule is CCc1cc(C(O)Cc2csc3ccccc23)n(CC)n1. The summed E-state index contributed by atoms with van der Waals surface area (Å²) in [7, 11) is 0. The zero-order valence-corrected chi connectivity index (χ0v) is 13.2. The molecule has 110 valence electrons. The lowest BCUT2D eigenvalue weighted by atomic mass is 10.0. The first-order valence-electron chi connectivity index (χ1n) is 7.42. The fourth-order valence-corrected chi connectivity index (χ4v) is 3.66. The van der Waals surface area contributed by atoms with Crippen LogP contribution >= 0.6 is 11.3 Å². The summed E-state index contributed by atoms with van der Waals surface area (Å²) in [5.74, 6) is 0. The Hall–Kier alpha value is -1.65. The van der Waals surface area contributed by atoms with Gasteiger partial charge < -0.3 is 5.11 Å². The second kappa shape index (κ2) is 6.00. The molecule has 0 amide bonds. The maximum Gasteiger partial charge on any atom is 0.0997 e. The van der Waals surface area contributed by atoms with Crippen LogP contribution in [-0.2, 0) is 19.4 Å². The van der Waals surface area contributed by atoms with E-state index in [4.69, 9.17) is 0 Å². The molecule has 0 saturated carbocycles. The number of hydrogen-bond donors (Lipinski definition) is 1. The summed E-state index contributed by atoms with van der Waals surface area (Å²) < 4.78 is 3.19. The van der Waals surface area contributed by atoms with Gasteiger partial charge >= 0.3 is 0 Å². The summed E-state index contributed by atoms with van der Waals surface area (Å²) in [6.07, 6.45) is 1.03. The maximum absolute atomic E-state index is 10.6. The number of aryl methyl sites for hydroxylation is 2. The maximum atomic E-state index is 10.6. The Kier molecular flexibility index (Phi) is 4.08. The first-order chi connectivity index (χ1) is 10.2. The van der Waals surface area contributed by atoms with Gasteiger partial charge in [-0.3, -0.25) is 4.68 Å². The van der Waals surface area contributed by atoms with Gasteiger partial charge in [-0.2, -0.15) is 5.10 Å². The molecule has 0 fully saturated rings. The Labute approximate surface area is 128 Å². The van der Waals surface area contributed by atoms with E-state index >= 15 is 0 Å². The third-order valence-electron chi connectivity index (χ3n) is 3.84. The highest BCUT2D eigenvalue weighted by Crippen LogP contribution is 2.29. The summed E-state index contributed by atoms with van der Waals surface area (Å²) >= 11 is 1.74. The molecule has 4 heteroatoms. The number of aliphatic hydroxyl groups excluding tert-OH is 1. The van der Waals surface area contributed by atoms with Crippen LogP contribution < -0.4 is 0 Å². The van der Waals surface area contributed by atoms with Gasteiger partial charge in [0.1, 0.15) is 0 Å². The number of aliphatic hydroxyl groups is 1. The van der Waals surface area contributed by atoms with E-state index in [1.54, 1.807) is 11.3 Å². The lowest BCUT2D eigenvalue weighted by molar-refractivity contribution is 0.167. The van der Waals surface area contributed by atoms with E-state index in [2.05, 4.69) is 48.6 Å². The Morgan fingerprint density at radius 1 is 1.29 bits per heavy atom. The molecule has 1 unspecified atom stereocenters. The molecule has 1 atom stereocenters. The van der Waals surface area contributed by atoms with Gasteiger partial charge in [0.2, 0.25) is 0 Å². The number of thiophene rings is 1. The van der Waals surface area contributed by atoms with Gasteiger partial charge in [-0.25, -0.2) is 0 Å². The van der Waals surface area contributed by atoms with Gasteiger partial charge in [0, 0.05) is 17.7 Å². The van der Waals surface area contributed by atoms with Gasteiger partial charge in [-0.15, -0.1) is 11.3 Å². The lowest BCUT2D eigenvalue weighted by Crippen LogP contribution is -2.10. The highest BCUT2D eigenvalue weighted by atomic mass is 32.1. The molecule has 2 aromatic heterocycles. The van der Waals surface area contributed by atoms with Crippen molar-refractivity contribution in [2.75, 3.05) is 0 Å². The molecule has 0 saturated heterocycles. The number of fused-ring (bicyclic) bond motifs is 1. The highest BCUT2D eigenvalue weighted by molar-refractivity contribution is 7.17. The van der Waals surface area contributed by atoms with E-state index < -0.39 is 6.10 Å². The van der Waals surface area contributed by atoms with Crippen LogP contribution in [-0.4, -0.2) is 14.9 Å². The molecule has 0 aliphatic heterocycles. The summed E-state index contributed by atoms with van der Waals surface area (Å²) in [5, 5.41) is 18.5. The van der Waals surface area contributed by atoms with E-state index in [9.17, 15) is 5.11 Å². The third-order valence-corrected chi connectivity index (χ3v) is 4.85. The summed E-state index contributed by atoms with van der Waals surface area (Å²) in [6, 6.07) is 10.4. The second-order valence-electron chi connectivity index (χ2n) is 5.21. The third kappa shape index (κ3) is 2.74. The van der Waals surface area contributed by atoms with Crippen LogP contribution in [0, 0.1) is 0 Å². The quantitative estimate of drug-likeness (QED) is 0.774. The van der Waals surface area contributed by atoms with E-state index in [0.717, 1.165) is 24.4 Å². The normalized spacial score (nSPS) is 12.9. The molecule has 3 aromatic rings. The van der Waals surface area contributed by atoms with Crippen molar-refractivity contribution in [3.8, 4) is 0 Å². The number of aromatic nitrogens is 2. The fraction of sp³-hybridized carbons (Fsp3) is 0.353. The van der Waals surface area contributed by atoms with Gasteiger partial charge in [0.15, 0.2) is 0 Å². The number of nitrogens with zero attached hydrogens (tertiary/aromatic N) is 2. The Balaban J connectivity index is 1.89. The zero-order valence-electron chi connectivity index (χ0n) is 12.4. The fourth-order valence-electron chi connectivity index (χ4n) is 2.68. The van der Waals surface area contributed by atoms with Crippen molar-refractivity contribution in [3.63, 3.8) is 0 Å². The molecule has 3 rings (SSSR count). The lowest BCUT2D eigenvalue weighted by Gasteiger charge is -2.12. The van der Waals surface area contributed by atoms with Crippen molar-refractivity contribution >= 4 is 21.4 Å².